The number of guanidine groups is 1. The second-order valence-corrected chi connectivity index (χ2v) is 5.78. The van der Waals surface area contributed by atoms with Gasteiger partial charge in [0, 0.05) is 24.7 Å². The van der Waals surface area contributed by atoms with E-state index < -0.39 is 0 Å². The molecule has 0 aromatic heterocycles. The maximum Gasteiger partial charge on any atom is 0.193 e. The van der Waals surface area contributed by atoms with Gasteiger partial charge in [-0.25, -0.2) is 0 Å². The van der Waals surface area contributed by atoms with Crippen LogP contribution in [0.5, 0.6) is 11.5 Å². The normalized spacial score (nSPS) is 14.1. The van der Waals surface area contributed by atoms with E-state index >= 15 is 0 Å². The first-order valence-electron chi connectivity index (χ1n) is 8.23. The van der Waals surface area contributed by atoms with Crippen molar-refractivity contribution in [3.05, 3.63) is 53.6 Å². The first-order valence-corrected chi connectivity index (χ1v) is 8.23. The zero-order valence-electron chi connectivity index (χ0n) is 13.9. The molecule has 0 atom stereocenters. The molecule has 5 nitrogen and oxygen atoms in total. The summed E-state index contributed by atoms with van der Waals surface area (Å²) in [6, 6.07) is 14.0. The van der Waals surface area contributed by atoms with Crippen molar-refractivity contribution in [2.45, 2.75) is 19.8 Å². The number of fused-ring (bicyclic) bond motifs is 1. The van der Waals surface area contributed by atoms with Gasteiger partial charge in [0.05, 0.1) is 13.2 Å². The molecule has 1 aliphatic rings. The third kappa shape index (κ3) is 4.19. The fourth-order valence-electron chi connectivity index (χ4n) is 2.62. The van der Waals surface area contributed by atoms with Gasteiger partial charge in [0.15, 0.2) is 17.5 Å². The lowest BCUT2D eigenvalue weighted by atomic mass is 10.1. The average molecular weight is 325 g/mol. The molecule has 0 saturated heterocycles. The number of ether oxygens (including phenoxy) is 2. The van der Waals surface area contributed by atoms with Gasteiger partial charge in [0.2, 0.25) is 0 Å². The van der Waals surface area contributed by atoms with Crippen LogP contribution in [0.15, 0.2) is 47.5 Å². The van der Waals surface area contributed by atoms with E-state index in [1.54, 1.807) is 0 Å². The van der Waals surface area contributed by atoms with Crippen LogP contribution in [0.4, 0.5) is 5.69 Å². The zero-order valence-corrected chi connectivity index (χ0v) is 13.9. The first kappa shape index (κ1) is 16.2. The van der Waals surface area contributed by atoms with Gasteiger partial charge in [0.25, 0.3) is 0 Å². The van der Waals surface area contributed by atoms with Crippen molar-refractivity contribution >= 4 is 11.6 Å². The van der Waals surface area contributed by atoms with Crippen molar-refractivity contribution in [2.75, 3.05) is 25.1 Å². The van der Waals surface area contributed by atoms with E-state index in [2.05, 4.69) is 29.4 Å². The molecule has 3 N–H and O–H groups in total. The van der Waals surface area contributed by atoms with Gasteiger partial charge in [-0.3, -0.25) is 4.99 Å². The molecule has 1 aliphatic heterocycles. The predicted octanol–water partition coefficient (Wildman–Crippen LogP) is 3.13. The first-order chi connectivity index (χ1) is 11.7. The van der Waals surface area contributed by atoms with Gasteiger partial charge < -0.3 is 20.5 Å². The van der Waals surface area contributed by atoms with E-state index in [4.69, 9.17) is 15.2 Å². The Labute approximate surface area is 142 Å². The van der Waals surface area contributed by atoms with Crippen molar-refractivity contribution in [1.29, 1.82) is 0 Å². The molecular formula is C19H23N3O2. The lowest BCUT2D eigenvalue weighted by Crippen LogP contribution is -2.23. The summed E-state index contributed by atoms with van der Waals surface area (Å²) in [5, 5.41) is 3.11. The number of benzene rings is 2. The fourth-order valence-corrected chi connectivity index (χ4v) is 2.62. The molecule has 0 aliphatic carbocycles. The second-order valence-electron chi connectivity index (χ2n) is 5.78. The van der Waals surface area contributed by atoms with Crippen molar-refractivity contribution < 1.29 is 9.47 Å². The van der Waals surface area contributed by atoms with Crippen molar-refractivity contribution in [3.8, 4) is 11.5 Å². The van der Waals surface area contributed by atoms with Crippen molar-refractivity contribution in [1.82, 2.24) is 0 Å². The highest BCUT2D eigenvalue weighted by atomic mass is 16.5. The number of rotatable bonds is 4. The third-order valence-electron chi connectivity index (χ3n) is 3.94. The summed E-state index contributed by atoms with van der Waals surface area (Å²) in [6.45, 7) is 4.10. The van der Waals surface area contributed by atoms with Crippen LogP contribution in [-0.2, 0) is 6.42 Å². The Balaban J connectivity index is 1.59. The minimum atomic E-state index is 0.401. The Hall–Kier alpha value is -2.69. The molecule has 0 saturated carbocycles. The maximum absolute atomic E-state index is 5.98. The van der Waals surface area contributed by atoms with Crippen molar-refractivity contribution in [2.24, 2.45) is 10.7 Å². The molecule has 0 radical (unpaired) electrons. The summed E-state index contributed by atoms with van der Waals surface area (Å²) in [5.74, 6) is 1.91. The Morgan fingerprint density at radius 3 is 2.75 bits per heavy atom. The topological polar surface area (TPSA) is 68.9 Å². The minimum Gasteiger partial charge on any atom is -0.490 e. The van der Waals surface area contributed by atoms with Gasteiger partial charge >= 0.3 is 0 Å². The molecule has 3 rings (SSSR count). The Kier molecular flexibility index (Phi) is 5.21. The van der Waals surface area contributed by atoms with E-state index in [0.29, 0.717) is 25.7 Å². The molecule has 0 amide bonds. The highest BCUT2D eigenvalue weighted by Gasteiger charge is 2.10. The highest BCUT2D eigenvalue weighted by molar-refractivity contribution is 5.92. The number of hydrogen-bond acceptors (Lipinski definition) is 3. The predicted molar refractivity (Wildman–Crippen MR) is 97.0 cm³/mol. The van der Waals surface area contributed by atoms with E-state index in [9.17, 15) is 0 Å². The van der Waals surface area contributed by atoms with Crippen LogP contribution in [0.3, 0.4) is 0 Å². The van der Waals surface area contributed by atoms with Gasteiger partial charge in [-0.05, 0) is 36.6 Å². The molecule has 0 unspecified atom stereocenters. The number of nitrogens with zero attached hydrogens (tertiary/aromatic N) is 1. The zero-order chi connectivity index (χ0) is 16.8. The number of aliphatic imine (C=N–C) groups is 1. The summed E-state index contributed by atoms with van der Waals surface area (Å²) in [6.07, 6.45) is 1.76. The summed E-state index contributed by atoms with van der Waals surface area (Å²) in [5.41, 5.74) is 9.40. The van der Waals surface area contributed by atoms with E-state index in [-0.39, 0.29) is 0 Å². The lowest BCUT2D eigenvalue weighted by Gasteiger charge is -2.11. The molecular weight excluding hydrogens is 302 g/mol. The molecule has 2 aromatic carbocycles. The van der Waals surface area contributed by atoms with Crippen LogP contribution in [0.2, 0.25) is 0 Å². The summed E-state index contributed by atoms with van der Waals surface area (Å²) < 4.78 is 11.3. The highest BCUT2D eigenvalue weighted by Crippen LogP contribution is 2.32. The largest absolute Gasteiger partial charge is 0.490 e. The molecule has 24 heavy (non-hydrogen) atoms. The Morgan fingerprint density at radius 1 is 1.12 bits per heavy atom. The van der Waals surface area contributed by atoms with Crippen LogP contribution < -0.4 is 20.5 Å². The summed E-state index contributed by atoms with van der Waals surface area (Å²) >= 11 is 0. The number of aryl methyl sites for hydroxylation is 1. The van der Waals surface area contributed by atoms with Gasteiger partial charge in [-0.1, -0.05) is 24.3 Å². The van der Waals surface area contributed by atoms with E-state index in [1.807, 2.05) is 30.3 Å². The fraction of sp³-hybridized carbons (Fsp3) is 0.316. The summed E-state index contributed by atoms with van der Waals surface area (Å²) in [7, 11) is 0. The lowest BCUT2D eigenvalue weighted by molar-refractivity contribution is 0.297. The van der Waals surface area contributed by atoms with Crippen LogP contribution >= 0.6 is 0 Å². The van der Waals surface area contributed by atoms with Crippen LogP contribution in [-0.4, -0.2) is 25.7 Å². The number of hydrogen-bond donors (Lipinski definition) is 2. The molecule has 0 bridgehead atoms. The Bertz CT molecular complexity index is 728. The van der Waals surface area contributed by atoms with E-state index in [0.717, 1.165) is 30.0 Å². The maximum atomic E-state index is 5.98. The molecule has 0 fully saturated rings. The molecule has 1 heterocycles. The molecule has 5 heteroatoms. The number of nitrogens with one attached hydrogen (secondary N) is 1. The average Bonchev–Trinajstić information content (AvgIpc) is 2.81. The van der Waals surface area contributed by atoms with Crippen LogP contribution in [0.1, 0.15) is 17.5 Å². The third-order valence-corrected chi connectivity index (χ3v) is 3.94. The molecule has 126 valence electrons. The van der Waals surface area contributed by atoms with Gasteiger partial charge in [-0.2, -0.15) is 0 Å². The van der Waals surface area contributed by atoms with E-state index in [1.165, 1.54) is 11.1 Å². The second kappa shape index (κ2) is 7.73. The smallest absolute Gasteiger partial charge is 0.193 e. The SMILES string of the molecule is Cc1ccccc1CCN=C(N)Nc1ccc2c(c1)OCCCO2. The van der Waals surface area contributed by atoms with Crippen LogP contribution in [0, 0.1) is 6.92 Å². The summed E-state index contributed by atoms with van der Waals surface area (Å²) in [4.78, 5) is 4.40. The number of nitrogens with two attached hydrogens (primary N) is 1. The Morgan fingerprint density at radius 2 is 1.92 bits per heavy atom. The van der Waals surface area contributed by atoms with Gasteiger partial charge in [0.1, 0.15) is 0 Å². The standard InChI is InChI=1S/C19H23N3O2/c1-14-5-2-3-6-15(14)9-10-21-19(20)22-16-7-8-17-18(13-16)24-12-4-11-23-17/h2-3,5-8,13H,4,9-12H2,1H3,(H3,20,21,22). The number of anilines is 1. The van der Waals surface area contributed by atoms with Crippen molar-refractivity contribution in [3.63, 3.8) is 0 Å². The quantitative estimate of drug-likeness (QED) is 0.669. The molecule has 0 spiro atoms. The minimum absolute atomic E-state index is 0.401. The monoisotopic (exact) mass is 325 g/mol. The van der Waals surface area contributed by atoms with Gasteiger partial charge in [-0.15, -0.1) is 0 Å². The van der Waals surface area contributed by atoms with Crippen LogP contribution in [0.25, 0.3) is 0 Å². The molecule has 2 aromatic rings.